The van der Waals surface area contributed by atoms with Gasteiger partial charge in [-0.3, -0.25) is 0 Å². The smallest absolute Gasteiger partial charge is 0.345 e. The molecule has 0 radical (unpaired) electrons. The van der Waals surface area contributed by atoms with Gasteiger partial charge in [0.05, 0.1) is 28.5 Å². The van der Waals surface area contributed by atoms with Crippen molar-refractivity contribution in [2.24, 2.45) is 0 Å². The van der Waals surface area contributed by atoms with Gasteiger partial charge in [0.15, 0.2) is 11.5 Å². The highest BCUT2D eigenvalue weighted by atomic mass is 79.9. The van der Waals surface area contributed by atoms with E-state index in [1.165, 1.54) is 0 Å². The predicted molar refractivity (Wildman–Crippen MR) is 94.4 cm³/mol. The van der Waals surface area contributed by atoms with Crippen molar-refractivity contribution in [3.8, 4) is 11.5 Å². The zero-order chi connectivity index (χ0) is 16.7. The van der Waals surface area contributed by atoms with Crippen LogP contribution in [0.5, 0.6) is 11.5 Å². The zero-order valence-electron chi connectivity index (χ0n) is 13.0. The summed E-state index contributed by atoms with van der Waals surface area (Å²) in [5.74, 6) is 1.12. The first kappa shape index (κ1) is 15.7. The highest BCUT2D eigenvalue weighted by molar-refractivity contribution is 9.10. The number of methoxy groups -OCH3 is 1. The average molecular weight is 378 g/mol. The van der Waals surface area contributed by atoms with Gasteiger partial charge in [0.25, 0.3) is 0 Å². The van der Waals surface area contributed by atoms with Crippen molar-refractivity contribution in [1.29, 1.82) is 0 Å². The molecule has 0 aliphatic rings. The van der Waals surface area contributed by atoms with Crippen LogP contribution in [-0.2, 0) is 0 Å². The fraction of sp³-hybridized carbons (Fsp3) is 0.235. The van der Waals surface area contributed by atoms with E-state index in [9.17, 15) is 4.79 Å². The summed E-state index contributed by atoms with van der Waals surface area (Å²) in [7, 11) is 1.56. The molecule has 1 aromatic heterocycles. The first-order valence-corrected chi connectivity index (χ1v) is 7.91. The van der Waals surface area contributed by atoms with Crippen LogP contribution in [0.2, 0.25) is 0 Å². The number of nitrogens with two attached hydrogens (primary N) is 1. The second kappa shape index (κ2) is 5.77. The Balaban J connectivity index is 2.51. The fourth-order valence-corrected chi connectivity index (χ4v) is 3.09. The Labute approximate surface area is 141 Å². The molecule has 0 aliphatic carbocycles. The predicted octanol–water partition coefficient (Wildman–Crippen LogP) is 4.09. The molecular weight excluding hydrogens is 362 g/mol. The maximum atomic E-state index is 12.3. The van der Waals surface area contributed by atoms with Crippen LogP contribution in [-0.4, -0.2) is 13.2 Å². The number of anilines is 1. The van der Waals surface area contributed by atoms with Crippen LogP contribution in [0.25, 0.3) is 21.7 Å². The number of hydrogen-bond donors (Lipinski definition) is 1. The molecule has 1 heterocycles. The van der Waals surface area contributed by atoms with Crippen molar-refractivity contribution in [3.63, 3.8) is 0 Å². The molecule has 0 atom stereocenters. The quantitative estimate of drug-likeness (QED) is 0.422. The minimum Gasteiger partial charge on any atom is -0.492 e. The second-order valence-corrected chi connectivity index (χ2v) is 6.21. The molecule has 0 aliphatic heterocycles. The van der Waals surface area contributed by atoms with E-state index in [4.69, 9.17) is 19.6 Å². The third-order valence-corrected chi connectivity index (χ3v) is 4.35. The van der Waals surface area contributed by atoms with Crippen LogP contribution in [0, 0.1) is 0 Å². The van der Waals surface area contributed by atoms with Crippen molar-refractivity contribution in [3.05, 3.63) is 39.2 Å². The lowest BCUT2D eigenvalue weighted by Gasteiger charge is -2.16. The monoisotopic (exact) mass is 377 g/mol. The number of fused-ring (bicyclic) bond motifs is 3. The van der Waals surface area contributed by atoms with Gasteiger partial charge in [-0.2, -0.15) is 0 Å². The van der Waals surface area contributed by atoms with E-state index in [-0.39, 0.29) is 6.10 Å². The number of halogens is 1. The van der Waals surface area contributed by atoms with Gasteiger partial charge in [-0.05, 0) is 48.0 Å². The summed E-state index contributed by atoms with van der Waals surface area (Å²) in [4.78, 5) is 12.3. The lowest BCUT2D eigenvalue weighted by molar-refractivity contribution is 0.231. The Kier molecular flexibility index (Phi) is 3.93. The highest BCUT2D eigenvalue weighted by Gasteiger charge is 2.19. The Hall–Kier alpha value is -2.21. The van der Waals surface area contributed by atoms with Gasteiger partial charge >= 0.3 is 5.63 Å². The Morgan fingerprint density at radius 1 is 1.17 bits per heavy atom. The molecule has 5 nitrogen and oxygen atoms in total. The maximum Gasteiger partial charge on any atom is 0.345 e. The lowest BCUT2D eigenvalue weighted by atomic mass is 10.1. The van der Waals surface area contributed by atoms with Gasteiger partial charge in [0.2, 0.25) is 0 Å². The van der Waals surface area contributed by atoms with Crippen LogP contribution >= 0.6 is 15.9 Å². The third-order valence-electron chi connectivity index (χ3n) is 3.50. The van der Waals surface area contributed by atoms with Gasteiger partial charge < -0.3 is 19.6 Å². The minimum absolute atomic E-state index is 0.00860. The van der Waals surface area contributed by atoms with Gasteiger partial charge in [-0.15, -0.1) is 0 Å². The first-order chi connectivity index (χ1) is 10.9. The first-order valence-electron chi connectivity index (χ1n) is 7.12. The largest absolute Gasteiger partial charge is 0.492 e. The molecule has 0 unspecified atom stereocenters. The molecule has 2 N–H and O–H groups in total. The van der Waals surface area contributed by atoms with E-state index < -0.39 is 5.63 Å². The van der Waals surface area contributed by atoms with Crippen LogP contribution in [0.1, 0.15) is 13.8 Å². The molecule has 6 heteroatoms. The van der Waals surface area contributed by atoms with E-state index in [0.717, 1.165) is 0 Å². The average Bonchev–Trinajstić information content (AvgIpc) is 2.50. The summed E-state index contributed by atoms with van der Waals surface area (Å²) in [6.45, 7) is 3.87. The van der Waals surface area contributed by atoms with Crippen molar-refractivity contribution < 1.29 is 13.9 Å². The molecular formula is C17H16BrNO4. The van der Waals surface area contributed by atoms with Gasteiger partial charge in [-0.25, -0.2) is 4.79 Å². The van der Waals surface area contributed by atoms with Crippen molar-refractivity contribution in [1.82, 2.24) is 0 Å². The number of hydrogen-bond acceptors (Lipinski definition) is 5. The summed E-state index contributed by atoms with van der Waals surface area (Å²) in [5, 5.41) is 1.77. The van der Waals surface area contributed by atoms with Crippen LogP contribution in [0.15, 0.2) is 37.9 Å². The SMILES string of the molecule is COc1c(OC(C)C)ccc2oc(=O)c3c(Br)c(N)ccc3c12. The Morgan fingerprint density at radius 3 is 2.57 bits per heavy atom. The standard InChI is InChI=1S/C17H16BrNO4/c1-8(2)22-12-7-6-11-13(16(12)21-3)9-4-5-10(19)15(18)14(9)17(20)23-11/h4-8H,19H2,1-3H3. The summed E-state index contributed by atoms with van der Waals surface area (Å²) >= 11 is 3.37. The Morgan fingerprint density at radius 2 is 1.91 bits per heavy atom. The van der Waals surface area contributed by atoms with Crippen molar-refractivity contribution >= 4 is 43.4 Å². The van der Waals surface area contributed by atoms with Gasteiger partial charge in [0, 0.05) is 11.1 Å². The van der Waals surface area contributed by atoms with Crippen molar-refractivity contribution in [2.45, 2.75) is 20.0 Å². The molecule has 0 saturated heterocycles. The van der Waals surface area contributed by atoms with E-state index in [2.05, 4.69) is 15.9 Å². The molecule has 2 aromatic carbocycles. The van der Waals surface area contributed by atoms with Crippen molar-refractivity contribution in [2.75, 3.05) is 12.8 Å². The molecule has 0 bridgehead atoms. The zero-order valence-corrected chi connectivity index (χ0v) is 14.6. The summed E-state index contributed by atoms with van der Waals surface area (Å²) in [5.41, 5.74) is 6.34. The normalized spacial score (nSPS) is 11.3. The molecule has 23 heavy (non-hydrogen) atoms. The molecule has 0 fully saturated rings. The molecule has 0 spiro atoms. The maximum absolute atomic E-state index is 12.3. The van der Waals surface area contributed by atoms with Crippen LogP contribution in [0.3, 0.4) is 0 Å². The number of ether oxygens (including phenoxy) is 2. The topological polar surface area (TPSA) is 74.7 Å². The molecule has 120 valence electrons. The highest BCUT2D eigenvalue weighted by Crippen LogP contribution is 2.41. The summed E-state index contributed by atoms with van der Waals surface area (Å²) < 4.78 is 17.3. The minimum atomic E-state index is -0.453. The third kappa shape index (κ3) is 2.53. The van der Waals surface area contributed by atoms with Crippen LogP contribution < -0.4 is 20.8 Å². The molecule has 3 aromatic rings. The summed E-state index contributed by atoms with van der Waals surface area (Å²) in [6, 6.07) is 6.97. The fourth-order valence-electron chi connectivity index (χ4n) is 2.59. The number of rotatable bonds is 3. The Bertz CT molecular complexity index is 962. The summed E-state index contributed by atoms with van der Waals surface area (Å²) in [6.07, 6.45) is -0.00860. The van der Waals surface area contributed by atoms with E-state index >= 15 is 0 Å². The second-order valence-electron chi connectivity index (χ2n) is 5.42. The van der Waals surface area contributed by atoms with E-state index in [1.807, 2.05) is 13.8 Å². The molecule has 0 amide bonds. The molecule has 0 saturated carbocycles. The number of benzene rings is 2. The van der Waals surface area contributed by atoms with Crippen LogP contribution in [0.4, 0.5) is 5.69 Å². The van der Waals surface area contributed by atoms with Gasteiger partial charge in [-0.1, -0.05) is 6.07 Å². The van der Waals surface area contributed by atoms with E-state index in [0.29, 0.717) is 43.4 Å². The number of nitrogen functional groups attached to an aromatic ring is 1. The van der Waals surface area contributed by atoms with E-state index in [1.54, 1.807) is 31.4 Å². The lowest BCUT2D eigenvalue weighted by Crippen LogP contribution is -2.08. The van der Waals surface area contributed by atoms with Gasteiger partial charge in [0.1, 0.15) is 5.58 Å². The molecule has 3 rings (SSSR count).